The normalized spacial score (nSPS) is 21.5. The number of hydrogen-bond donors (Lipinski definition) is 3. The molecule has 2 fully saturated rings. The van der Waals surface area contributed by atoms with Crippen molar-refractivity contribution in [3.8, 4) is 28.1 Å². The van der Waals surface area contributed by atoms with Crippen LogP contribution in [0.4, 0.5) is 15.3 Å². The van der Waals surface area contributed by atoms with Crippen LogP contribution in [0.1, 0.15) is 69.4 Å². The Kier molecular flexibility index (Phi) is 14.0. The molecule has 0 bridgehead atoms. The average Bonchev–Trinajstić information content (AvgIpc) is 4.16. The Morgan fingerprint density at radius 1 is 0.833 bits per heavy atom. The number of likely N-dealkylation sites (tertiary alicyclic amines) is 2. The van der Waals surface area contributed by atoms with Crippen LogP contribution in [-0.2, 0) is 46.3 Å². The van der Waals surface area contributed by atoms with Crippen molar-refractivity contribution in [3.05, 3.63) is 65.6 Å². The lowest BCUT2D eigenvalue weighted by molar-refractivity contribution is -0.138. The second-order valence-corrected chi connectivity index (χ2v) is 17.8. The standard InChI is InChI=1S/C49H61N7O10/c1-9-40(62-5)43(53-48(59)64-7)46(57)55-22-26(3)15-39(55)45-50-21-37(52-45)29-11-13-31-30(17-29)25-66-42-20-32-28(18-34(31)42)12-14-35-33(32)19-36(51-35)38-16-27(24-61-4)23-56(38)47(58)44(41(10-2)63-6)54-49(60)65-8/h11-14,17-18,20-21,26-27,38-41,43-44H,9-10,15-16,19,22-25H2,1-8H3,(H,50,52)(H,53,59)(H,54,60)/t26-,27-,38-,39-,40+,41+,43-,44-/m0/s1. The van der Waals surface area contributed by atoms with Gasteiger partial charge in [0.1, 0.15) is 30.3 Å². The van der Waals surface area contributed by atoms with Crippen LogP contribution in [0.25, 0.3) is 33.2 Å². The second kappa shape index (κ2) is 19.8. The molecule has 2 saturated heterocycles. The van der Waals surface area contributed by atoms with Gasteiger partial charge in [-0.1, -0.05) is 39.0 Å². The molecule has 8 atom stereocenters. The van der Waals surface area contributed by atoms with Gasteiger partial charge in [0, 0.05) is 58.0 Å². The minimum Gasteiger partial charge on any atom is -0.488 e. The van der Waals surface area contributed by atoms with Crippen molar-refractivity contribution in [3.63, 3.8) is 0 Å². The van der Waals surface area contributed by atoms with Crippen molar-refractivity contribution in [2.75, 3.05) is 55.2 Å². The zero-order valence-electron chi connectivity index (χ0n) is 39.0. The first kappa shape index (κ1) is 46.5. The summed E-state index contributed by atoms with van der Waals surface area (Å²) in [6, 6.07) is 12.3. The number of imidazole rings is 1. The van der Waals surface area contributed by atoms with E-state index in [1.54, 1.807) is 18.2 Å². The van der Waals surface area contributed by atoms with Crippen molar-refractivity contribution in [1.82, 2.24) is 30.4 Å². The van der Waals surface area contributed by atoms with Crippen LogP contribution >= 0.6 is 0 Å². The summed E-state index contributed by atoms with van der Waals surface area (Å²) in [7, 11) is 7.28. The maximum Gasteiger partial charge on any atom is 0.407 e. The van der Waals surface area contributed by atoms with E-state index in [-0.39, 0.29) is 35.7 Å². The number of methoxy groups -OCH3 is 5. The number of ether oxygens (including phenoxy) is 6. The Labute approximate surface area is 384 Å². The molecule has 3 N–H and O–H groups in total. The summed E-state index contributed by atoms with van der Waals surface area (Å²) in [6.07, 6.45) is 2.33. The Morgan fingerprint density at radius 3 is 2.15 bits per heavy atom. The number of aromatic nitrogens is 2. The highest BCUT2D eigenvalue weighted by Gasteiger charge is 2.45. The summed E-state index contributed by atoms with van der Waals surface area (Å²) in [5, 5.41) is 7.53. The van der Waals surface area contributed by atoms with Crippen molar-refractivity contribution in [2.24, 2.45) is 16.8 Å². The van der Waals surface area contributed by atoms with Crippen molar-refractivity contribution >= 4 is 46.2 Å². The molecule has 0 aliphatic carbocycles. The fraction of sp³-hybridized carbons (Fsp3) is 0.510. The van der Waals surface area contributed by atoms with Crippen LogP contribution in [0.2, 0.25) is 0 Å². The number of aliphatic imine (C=N–C) groups is 1. The number of nitrogens with zero attached hydrogens (tertiary/aromatic N) is 4. The second-order valence-electron chi connectivity index (χ2n) is 17.8. The number of carbonyl (C=O) groups excluding carboxylic acids is 4. The van der Waals surface area contributed by atoms with Crippen LogP contribution in [0.5, 0.6) is 5.75 Å². The number of nitrogens with one attached hydrogen (secondary N) is 3. The third-order valence-corrected chi connectivity index (χ3v) is 13.7. The van der Waals surface area contributed by atoms with E-state index in [0.29, 0.717) is 64.2 Å². The minimum absolute atomic E-state index is 0.0910. The van der Waals surface area contributed by atoms with E-state index >= 15 is 0 Å². The van der Waals surface area contributed by atoms with Gasteiger partial charge in [-0.15, -0.1) is 0 Å². The molecule has 8 rings (SSSR count). The number of H-pyrrole nitrogens is 1. The van der Waals surface area contributed by atoms with Crippen LogP contribution < -0.4 is 15.4 Å². The fourth-order valence-electron chi connectivity index (χ4n) is 10.4. The highest BCUT2D eigenvalue weighted by molar-refractivity contribution is 6.06. The van der Waals surface area contributed by atoms with Crippen LogP contribution in [0.3, 0.4) is 0 Å². The van der Waals surface area contributed by atoms with Crippen molar-refractivity contribution in [2.45, 2.75) is 95.9 Å². The molecule has 1 aromatic heterocycles. The summed E-state index contributed by atoms with van der Waals surface area (Å²) >= 11 is 0. The first-order valence-corrected chi connectivity index (χ1v) is 22.8. The number of alkyl carbamates (subject to hydrolysis) is 2. The molecule has 0 unspecified atom stereocenters. The monoisotopic (exact) mass is 907 g/mol. The lowest BCUT2D eigenvalue weighted by Crippen LogP contribution is -2.56. The maximum absolute atomic E-state index is 14.3. The highest BCUT2D eigenvalue weighted by Crippen LogP contribution is 2.45. The molecular weight excluding hydrogens is 847 g/mol. The molecule has 5 heterocycles. The summed E-state index contributed by atoms with van der Waals surface area (Å²) in [4.78, 5) is 70.1. The van der Waals surface area contributed by atoms with Crippen LogP contribution in [-0.4, -0.2) is 135 Å². The molecule has 0 spiro atoms. The SMILES string of the molecule is CC[C@@H](OC)[C@H](NC(=O)OC)C(=O)N1C[C@@H](COC)C[C@H]1C1=Nc2ccc3cc4c(cc3c2C1)OCc1cc(-c2cnc([C@@H]3C[C@H](C)CN3C(=O)[C@@H](NC(=O)OC)[C@@H](CC)OC)[nH]2)ccc1-4. The van der Waals surface area contributed by atoms with Crippen molar-refractivity contribution < 1.29 is 47.6 Å². The van der Waals surface area contributed by atoms with E-state index in [1.807, 2.05) is 24.8 Å². The summed E-state index contributed by atoms with van der Waals surface area (Å²) in [5.74, 6) is 1.28. The molecule has 352 valence electrons. The molecule has 17 nitrogen and oxygen atoms in total. The topological polar surface area (TPSA) is 195 Å². The number of aromatic amines is 1. The Hall–Kier alpha value is -6.04. The predicted octanol–water partition coefficient (Wildman–Crippen LogP) is 6.49. The highest BCUT2D eigenvalue weighted by atomic mass is 16.5. The Balaban J connectivity index is 1.02. The van der Waals surface area contributed by atoms with E-state index < -0.39 is 36.5 Å². The molecule has 4 amide bonds. The Morgan fingerprint density at radius 2 is 1.52 bits per heavy atom. The molecule has 4 aliphatic rings. The number of benzene rings is 3. The molecule has 3 aromatic carbocycles. The molecule has 0 radical (unpaired) electrons. The van der Waals surface area contributed by atoms with Gasteiger partial charge in [0.15, 0.2) is 0 Å². The van der Waals surface area contributed by atoms with E-state index in [1.165, 1.54) is 28.4 Å². The lowest BCUT2D eigenvalue weighted by atomic mass is 9.90. The van der Waals surface area contributed by atoms with E-state index in [0.717, 1.165) is 61.4 Å². The lowest BCUT2D eigenvalue weighted by Gasteiger charge is -2.32. The number of hydrogen-bond acceptors (Lipinski definition) is 12. The van der Waals surface area contributed by atoms with E-state index in [4.69, 9.17) is 38.4 Å². The fourth-order valence-corrected chi connectivity index (χ4v) is 10.4. The molecule has 0 saturated carbocycles. The predicted molar refractivity (Wildman–Crippen MR) is 247 cm³/mol. The van der Waals surface area contributed by atoms with E-state index in [9.17, 15) is 19.2 Å². The van der Waals surface area contributed by atoms with Gasteiger partial charge in [0.05, 0.1) is 62.7 Å². The molecular formula is C49H61N7O10. The molecule has 66 heavy (non-hydrogen) atoms. The molecule has 4 aromatic rings. The first-order chi connectivity index (χ1) is 31.9. The number of amides is 4. The maximum atomic E-state index is 14.3. The summed E-state index contributed by atoms with van der Waals surface area (Å²) < 4.78 is 33.0. The largest absolute Gasteiger partial charge is 0.488 e. The Bertz CT molecular complexity index is 2500. The smallest absolute Gasteiger partial charge is 0.407 e. The van der Waals surface area contributed by atoms with Crippen molar-refractivity contribution in [1.29, 1.82) is 0 Å². The van der Waals surface area contributed by atoms with Gasteiger partial charge >= 0.3 is 12.2 Å². The average molecular weight is 908 g/mol. The molecule has 4 aliphatic heterocycles. The van der Waals surface area contributed by atoms with Crippen LogP contribution in [0.15, 0.2) is 53.7 Å². The van der Waals surface area contributed by atoms with Gasteiger partial charge < -0.3 is 53.8 Å². The number of fused-ring (bicyclic) bond motifs is 6. The zero-order chi connectivity index (χ0) is 46.8. The summed E-state index contributed by atoms with van der Waals surface area (Å²) in [6.45, 7) is 7.76. The van der Waals surface area contributed by atoms with Gasteiger partial charge in [0.2, 0.25) is 11.8 Å². The number of rotatable bonds is 15. The van der Waals surface area contributed by atoms with Gasteiger partial charge in [-0.05, 0) is 88.9 Å². The number of carbonyl (C=O) groups is 4. The quantitative estimate of drug-likeness (QED) is 0.118. The molecule has 17 heteroatoms. The summed E-state index contributed by atoms with van der Waals surface area (Å²) in [5.41, 5.74) is 7.70. The third-order valence-electron chi connectivity index (χ3n) is 13.7. The third kappa shape index (κ3) is 8.95. The van der Waals surface area contributed by atoms with Gasteiger partial charge in [-0.25, -0.2) is 14.6 Å². The van der Waals surface area contributed by atoms with Crippen LogP contribution in [0, 0.1) is 11.8 Å². The minimum atomic E-state index is -0.933. The van der Waals surface area contributed by atoms with Gasteiger partial charge in [0.25, 0.3) is 0 Å². The van der Waals surface area contributed by atoms with E-state index in [2.05, 4.69) is 58.9 Å². The van der Waals surface area contributed by atoms with Gasteiger partial charge in [-0.2, -0.15) is 0 Å². The first-order valence-electron chi connectivity index (χ1n) is 22.8. The van der Waals surface area contributed by atoms with Gasteiger partial charge in [-0.3, -0.25) is 14.6 Å². The zero-order valence-corrected chi connectivity index (χ0v) is 39.0.